The standard InChI is InChI=1S/C32H44Si/c1-4-31(2)21-33(31,30-26-17-7-5-13-22(26)23-14-6-8-18-27(23)30)32(3)28-19-11-9-15-24(28)25-16-10-12-20-29(25)32/h4,9,11,15,19,22-23,25-26,29H,1,5-8,10,12-14,16-18,20-21H2,2-3H3/t22?,23?,25?,26?,29?,31?,32?,33-/m1/s1. The molecule has 8 atom stereocenters. The van der Waals surface area contributed by atoms with Crippen molar-refractivity contribution in [3.8, 4) is 0 Å². The topological polar surface area (TPSA) is 0 Å². The van der Waals surface area contributed by atoms with Gasteiger partial charge < -0.3 is 0 Å². The van der Waals surface area contributed by atoms with Crippen LogP contribution in [0.1, 0.15) is 108 Å². The molecule has 0 nitrogen and oxygen atoms in total. The first-order valence-electron chi connectivity index (χ1n) is 14.5. The highest BCUT2D eigenvalue weighted by atomic mass is 28.3. The van der Waals surface area contributed by atoms with Gasteiger partial charge in [0, 0.05) is 0 Å². The summed E-state index contributed by atoms with van der Waals surface area (Å²) in [5, 5.41) is 2.98. The summed E-state index contributed by atoms with van der Waals surface area (Å²) >= 11 is 0. The van der Waals surface area contributed by atoms with Crippen LogP contribution in [0.3, 0.4) is 0 Å². The van der Waals surface area contributed by atoms with Crippen molar-refractivity contribution >= 4 is 8.07 Å². The van der Waals surface area contributed by atoms with Crippen molar-refractivity contribution in [2.24, 2.45) is 23.7 Å². The average molecular weight is 457 g/mol. The van der Waals surface area contributed by atoms with E-state index in [0.29, 0.717) is 10.1 Å². The van der Waals surface area contributed by atoms with E-state index in [1.807, 2.05) is 5.57 Å². The maximum atomic E-state index is 4.54. The molecule has 0 bridgehead atoms. The van der Waals surface area contributed by atoms with Gasteiger partial charge in [0.15, 0.2) is 0 Å². The van der Waals surface area contributed by atoms with Gasteiger partial charge in [-0.1, -0.05) is 87.1 Å². The second kappa shape index (κ2) is 7.22. The van der Waals surface area contributed by atoms with Crippen LogP contribution in [0.2, 0.25) is 11.1 Å². The van der Waals surface area contributed by atoms with Gasteiger partial charge in [-0.3, -0.25) is 0 Å². The first-order valence-corrected chi connectivity index (χ1v) is 16.7. The van der Waals surface area contributed by atoms with Gasteiger partial charge >= 0.3 is 0 Å². The molecular weight excluding hydrogens is 412 g/mol. The van der Waals surface area contributed by atoms with E-state index in [4.69, 9.17) is 0 Å². The van der Waals surface area contributed by atoms with Gasteiger partial charge in [0.05, 0.1) is 0 Å². The van der Waals surface area contributed by atoms with Crippen molar-refractivity contribution in [2.45, 2.75) is 113 Å². The number of hydrogen-bond acceptors (Lipinski definition) is 0. The summed E-state index contributed by atoms with van der Waals surface area (Å²) in [5.74, 6) is 4.62. The minimum Gasteiger partial charge on any atom is -0.103 e. The van der Waals surface area contributed by atoms with E-state index in [9.17, 15) is 0 Å². The Morgan fingerprint density at radius 2 is 1.55 bits per heavy atom. The molecule has 0 aromatic heterocycles. The zero-order valence-electron chi connectivity index (χ0n) is 21.2. The number of rotatable bonds is 3. The Bertz CT molecular complexity index is 1020. The predicted octanol–water partition coefficient (Wildman–Crippen LogP) is 9.03. The molecule has 3 saturated carbocycles. The Kier molecular flexibility index (Phi) is 4.64. The molecule has 1 heterocycles. The maximum Gasteiger partial charge on any atom is 0.102 e. The molecule has 1 saturated heterocycles. The molecule has 176 valence electrons. The summed E-state index contributed by atoms with van der Waals surface area (Å²) < 4.78 is 0. The molecule has 1 aromatic carbocycles. The molecule has 33 heavy (non-hydrogen) atoms. The Morgan fingerprint density at radius 1 is 0.848 bits per heavy atom. The Labute approximate surface area is 203 Å². The van der Waals surface area contributed by atoms with Crippen molar-refractivity contribution in [1.82, 2.24) is 0 Å². The lowest BCUT2D eigenvalue weighted by atomic mass is 9.73. The lowest BCUT2D eigenvalue weighted by Gasteiger charge is -2.48. The highest BCUT2D eigenvalue weighted by molar-refractivity contribution is 7.01. The molecule has 0 N–H and O–H groups in total. The van der Waals surface area contributed by atoms with Crippen molar-refractivity contribution < 1.29 is 0 Å². The third kappa shape index (κ3) is 2.49. The summed E-state index contributed by atoms with van der Waals surface area (Å²) in [5.41, 5.74) is 5.62. The van der Waals surface area contributed by atoms with Crippen LogP contribution in [-0.2, 0) is 5.04 Å². The van der Waals surface area contributed by atoms with Crippen molar-refractivity contribution in [2.75, 3.05) is 0 Å². The molecule has 7 unspecified atom stereocenters. The van der Waals surface area contributed by atoms with E-state index in [1.54, 1.807) is 11.1 Å². The fraction of sp³-hybridized carbons (Fsp3) is 0.688. The SMILES string of the molecule is C=CC1(C)C[Si@]1(C1=C2CCCCC2C2CCCCC12)C1(C)c2ccccc2C2CCCCC21. The number of hydrogen-bond donors (Lipinski definition) is 0. The molecule has 5 aliphatic carbocycles. The van der Waals surface area contributed by atoms with Gasteiger partial charge in [-0.2, -0.15) is 0 Å². The highest BCUT2D eigenvalue weighted by Gasteiger charge is 2.79. The van der Waals surface area contributed by atoms with Gasteiger partial charge in [0.1, 0.15) is 8.07 Å². The molecule has 1 aromatic rings. The van der Waals surface area contributed by atoms with Crippen LogP contribution in [0, 0.1) is 23.7 Å². The van der Waals surface area contributed by atoms with Gasteiger partial charge in [-0.05, 0) is 102 Å². The fourth-order valence-electron chi connectivity index (χ4n) is 11.1. The van der Waals surface area contributed by atoms with E-state index >= 15 is 0 Å². The normalized spacial score (nSPS) is 48.0. The summed E-state index contributed by atoms with van der Waals surface area (Å²) in [6.07, 6.45) is 20.2. The Morgan fingerprint density at radius 3 is 2.36 bits per heavy atom. The summed E-state index contributed by atoms with van der Waals surface area (Å²) in [6, 6.07) is 11.4. The van der Waals surface area contributed by atoms with Gasteiger partial charge in [0.2, 0.25) is 0 Å². The molecule has 4 fully saturated rings. The zero-order chi connectivity index (χ0) is 22.4. The quantitative estimate of drug-likeness (QED) is 0.314. The molecule has 0 spiro atoms. The molecule has 0 radical (unpaired) electrons. The molecule has 1 heteroatoms. The van der Waals surface area contributed by atoms with E-state index in [1.165, 1.54) is 83.1 Å². The van der Waals surface area contributed by atoms with Crippen LogP contribution < -0.4 is 0 Å². The third-order valence-corrected chi connectivity index (χ3v) is 19.6. The molecule has 0 amide bonds. The van der Waals surface area contributed by atoms with Gasteiger partial charge in [-0.25, -0.2) is 0 Å². The zero-order valence-corrected chi connectivity index (χ0v) is 22.2. The third-order valence-electron chi connectivity index (χ3n) is 12.4. The van der Waals surface area contributed by atoms with E-state index in [0.717, 1.165) is 29.6 Å². The van der Waals surface area contributed by atoms with Crippen LogP contribution in [0.25, 0.3) is 0 Å². The van der Waals surface area contributed by atoms with E-state index in [-0.39, 0.29) is 0 Å². The predicted molar refractivity (Wildman–Crippen MR) is 142 cm³/mol. The first-order chi connectivity index (χ1) is 16.1. The smallest absolute Gasteiger partial charge is 0.102 e. The maximum absolute atomic E-state index is 4.54. The minimum absolute atomic E-state index is 0.401. The van der Waals surface area contributed by atoms with Crippen LogP contribution in [0.15, 0.2) is 47.7 Å². The van der Waals surface area contributed by atoms with Crippen LogP contribution in [0.4, 0.5) is 0 Å². The van der Waals surface area contributed by atoms with Crippen LogP contribution in [0.5, 0.6) is 0 Å². The van der Waals surface area contributed by atoms with Crippen molar-refractivity contribution in [3.63, 3.8) is 0 Å². The lowest BCUT2D eigenvalue weighted by Crippen LogP contribution is -2.53. The largest absolute Gasteiger partial charge is 0.103 e. The average Bonchev–Trinajstić information content (AvgIpc) is 3.24. The molecule has 6 aliphatic rings. The summed E-state index contributed by atoms with van der Waals surface area (Å²) in [7, 11) is -1.78. The summed E-state index contributed by atoms with van der Waals surface area (Å²) in [4.78, 5) is 0. The van der Waals surface area contributed by atoms with E-state index in [2.05, 4.69) is 56.0 Å². The highest BCUT2D eigenvalue weighted by Crippen LogP contribution is 2.80. The lowest BCUT2D eigenvalue weighted by molar-refractivity contribution is 0.218. The molecule has 1 aliphatic heterocycles. The fourth-order valence-corrected chi connectivity index (χ4v) is 19.6. The van der Waals surface area contributed by atoms with Crippen LogP contribution in [-0.4, -0.2) is 8.07 Å². The van der Waals surface area contributed by atoms with Crippen LogP contribution >= 0.6 is 0 Å². The second-order valence-electron chi connectivity index (χ2n) is 13.3. The van der Waals surface area contributed by atoms with Gasteiger partial charge in [-0.15, -0.1) is 6.58 Å². The van der Waals surface area contributed by atoms with Gasteiger partial charge in [0.25, 0.3) is 0 Å². The Balaban J connectivity index is 1.48. The molecular formula is C32H44Si. The number of benzene rings is 1. The monoisotopic (exact) mass is 456 g/mol. The van der Waals surface area contributed by atoms with Crippen molar-refractivity contribution in [3.05, 3.63) is 58.8 Å². The second-order valence-corrected chi connectivity index (χ2v) is 18.2. The number of fused-ring (bicyclic) bond motifs is 6. The van der Waals surface area contributed by atoms with E-state index < -0.39 is 8.07 Å². The van der Waals surface area contributed by atoms with Crippen molar-refractivity contribution in [1.29, 1.82) is 0 Å². The minimum atomic E-state index is -1.78. The first kappa shape index (κ1) is 21.2. The number of allylic oxidation sites excluding steroid dienone is 3. The Hall–Kier alpha value is -1.08. The molecule has 7 rings (SSSR count). The summed E-state index contributed by atoms with van der Waals surface area (Å²) in [6.45, 7) is 10.0.